The summed E-state index contributed by atoms with van der Waals surface area (Å²) in [5.41, 5.74) is 0.873. The van der Waals surface area contributed by atoms with Crippen molar-refractivity contribution in [3.8, 4) is 0 Å². The predicted octanol–water partition coefficient (Wildman–Crippen LogP) is 2.61. The molecule has 1 heterocycles. The number of ketones is 1. The van der Waals surface area contributed by atoms with Gasteiger partial charge in [-0.15, -0.1) is 0 Å². The van der Waals surface area contributed by atoms with Gasteiger partial charge in [-0.25, -0.2) is 0 Å². The van der Waals surface area contributed by atoms with E-state index in [2.05, 4.69) is 27.8 Å². The summed E-state index contributed by atoms with van der Waals surface area (Å²) in [5.74, 6) is 1.24. The second kappa shape index (κ2) is 3.81. The standard InChI is InChI=1S/C11H12BrNO/c1-7-4-10(7)11(14)5-9-3-2-8(12)6-13-9/h2-3,6-7,10H,4-5H2,1H3. The fourth-order valence-electron chi connectivity index (χ4n) is 1.59. The number of carbonyl (C=O) groups excluding carboxylic acids is 1. The summed E-state index contributed by atoms with van der Waals surface area (Å²) in [6.07, 6.45) is 3.29. The van der Waals surface area contributed by atoms with Gasteiger partial charge in [-0.3, -0.25) is 9.78 Å². The van der Waals surface area contributed by atoms with E-state index in [0.717, 1.165) is 16.6 Å². The molecule has 1 saturated carbocycles. The maximum absolute atomic E-state index is 11.6. The molecule has 14 heavy (non-hydrogen) atoms. The van der Waals surface area contributed by atoms with Crippen LogP contribution in [0.5, 0.6) is 0 Å². The van der Waals surface area contributed by atoms with Crippen LogP contribution in [0.4, 0.5) is 0 Å². The SMILES string of the molecule is CC1CC1C(=O)Cc1ccc(Br)cn1. The van der Waals surface area contributed by atoms with Gasteiger partial charge in [-0.05, 0) is 40.4 Å². The summed E-state index contributed by atoms with van der Waals surface area (Å²) in [6, 6.07) is 3.82. The normalized spacial score (nSPS) is 24.7. The number of nitrogens with zero attached hydrogens (tertiary/aromatic N) is 1. The minimum Gasteiger partial charge on any atom is -0.299 e. The average molecular weight is 254 g/mol. The van der Waals surface area contributed by atoms with Crippen LogP contribution < -0.4 is 0 Å². The summed E-state index contributed by atoms with van der Waals surface area (Å²) in [4.78, 5) is 15.8. The molecule has 1 aliphatic rings. The highest BCUT2D eigenvalue weighted by atomic mass is 79.9. The zero-order valence-electron chi connectivity index (χ0n) is 8.03. The molecule has 0 bridgehead atoms. The molecule has 0 aromatic carbocycles. The van der Waals surface area contributed by atoms with Crippen molar-refractivity contribution in [3.05, 3.63) is 28.5 Å². The molecule has 0 N–H and O–H groups in total. The Balaban J connectivity index is 1.97. The highest BCUT2D eigenvalue weighted by Gasteiger charge is 2.38. The van der Waals surface area contributed by atoms with Gasteiger partial charge in [0.1, 0.15) is 5.78 Å². The predicted molar refractivity (Wildman–Crippen MR) is 57.9 cm³/mol. The fraction of sp³-hybridized carbons (Fsp3) is 0.455. The molecule has 2 atom stereocenters. The first-order chi connectivity index (χ1) is 6.66. The van der Waals surface area contributed by atoms with Crippen LogP contribution in [0.1, 0.15) is 19.0 Å². The molecule has 2 unspecified atom stereocenters. The molecule has 1 aromatic heterocycles. The summed E-state index contributed by atoms with van der Waals surface area (Å²) < 4.78 is 0.952. The number of carbonyl (C=O) groups is 1. The van der Waals surface area contributed by atoms with Crippen molar-refractivity contribution in [1.29, 1.82) is 0 Å². The van der Waals surface area contributed by atoms with Gasteiger partial charge in [0.25, 0.3) is 0 Å². The molecule has 74 valence electrons. The third-order valence-corrected chi connectivity index (χ3v) is 3.14. The Morgan fingerprint density at radius 2 is 2.36 bits per heavy atom. The Hall–Kier alpha value is -0.700. The van der Waals surface area contributed by atoms with Crippen LogP contribution in [-0.4, -0.2) is 10.8 Å². The Kier molecular flexibility index (Phi) is 2.68. The van der Waals surface area contributed by atoms with Gasteiger partial charge in [0.2, 0.25) is 0 Å². The minimum atomic E-state index is 0.306. The number of Topliss-reactive ketones (excluding diaryl/α,β-unsaturated/α-hetero) is 1. The molecular weight excluding hydrogens is 242 g/mol. The van der Waals surface area contributed by atoms with Crippen molar-refractivity contribution < 1.29 is 4.79 Å². The molecule has 3 heteroatoms. The number of rotatable bonds is 3. The lowest BCUT2D eigenvalue weighted by Crippen LogP contribution is -2.07. The van der Waals surface area contributed by atoms with Crippen LogP contribution in [0.25, 0.3) is 0 Å². The Bertz CT molecular complexity index is 347. The molecule has 0 amide bonds. The minimum absolute atomic E-state index is 0.306. The van der Waals surface area contributed by atoms with Crippen molar-refractivity contribution in [2.24, 2.45) is 11.8 Å². The quantitative estimate of drug-likeness (QED) is 0.829. The zero-order valence-corrected chi connectivity index (χ0v) is 9.62. The van der Waals surface area contributed by atoms with Gasteiger partial charge in [0.15, 0.2) is 0 Å². The van der Waals surface area contributed by atoms with Gasteiger partial charge in [-0.1, -0.05) is 6.92 Å². The summed E-state index contributed by atoms with van der Waals surface area (Å²) in [5, 5.41) is 0. The third kappa shape index (κ3) is 2.21. The monoisotopic (exact) mass is 253 g/mol. The van der Waals surface area contributed by atoms with E-state index < -0.39 is 0 Å². The van der Waals surface area contributed by atoms with Gasteiger partial charge >= 0.3 is 0 Å². The Labute approximate surface area is 91.9 Å². The number of pyridine rings is 1. The zero-order chi connectivity index (χ0) is 10.1. The lowest BCUT2D eigenvalue weighted by molar-refractivity contribution is -0.119. The smallest absolute Gasteiger partial charge is 0.142 e. The first-order valence-corrected chi connectivity index (χ1v) is 5.59. The van der Waals surface area contributed by atoms with Gasteiger partial charge in [0, 0.05) is 28.7 Å². The Morgan fingerprint density at radius 3 is 2.86 bits per heavy atom. The van der Waals surface area contributed by atoms with E-state index >= 15 is 0 Å². The number of hydrogen-bond donors (Lipinski definition) is 0. The first-order valence-electron chi connectivity index (χ1n) is 4.80. The van der Waals surface area contributed by atoms with E-state index in [1.165, 1.54) is 0 Å². The van der Waals surface area contributed by atoms with Crippen molar-refractivity contribution in [1.82, 2.24) is 4.98 Å². The van der Waals surface area contributed by atoms with Crippen LogP contribution in [0, 0.1) is 11.8 Å². The third-order valence-electron chi connectivity index (χ3n) is 2.67. The maximum Gasteiger partial charge on any atom is 0.142 e. The van der Waals surface area contributed by atoms with E-state index in [1.54, 1.807) is 6.20 Å². The van der Waals surface area contributed by atoms with Gasteiger partial charge < -0.3 is 0 Å². The molecule has 1 fully saturated rings. The largest absolute Gasteiger partial charge is 0.299 e. The van der Waals surface area contributed by atoms with E-state index in [0.29, 0.717) is 24.0 Å². The molecule has 0 aliphatic heterocycles. The lowest BCUT2D eigenvalue weighted by atomic mass is 10.1. The summed E-state index contributed by atoms with van der Waals surface area (Å²) in [6.45, 7) is 2.12. The topological polar surface area (TPSA) is 30.0 Å². The highest BCUT2D eigenvalue weighted by molar-refractivity contribution is 9.10. The molecule has 1 aromatic rings. The van der Waals surface area contributed by atoms with Crippen LogP contribution in [0.3, 0.4) is 0 Å². The number of hydrogen-bond acceptors (Lipinski definition) is 2. The second-order valence-electron chi connectivity index (χ2n) is 3.93. The van der Waals surface area contributed by atoms with Gasteiger partial charge in [0.05, 0.1) is 0 Å². The molecular formula is C11H12BrNO. The van der Waals surface area contributed by atoms with Gasteiger partial charge in [-0.2, -0.15) is 0 Å². The Morgan fingerprint density at radius 1 is 1.64 bits per heavy atom. The van der Waals surface area contributed by atoms with Crippen molar-refractivity contribution >= 4 is 21.7 Å². The molecule has 1 aliphatic carbocycles. The first kappa shape index (κ1) is 9.84. The van der Waals surface area contributed by atoms with E-state index in [1.807, 2.05) is 12.1 Å². The van der Waals surface area contributed by atoms with Crippen LogP contribution >= 0.6 is 15.9 Å². The average Bonchev–Trinajstić information content (AvgIpc) is 2.87. The number of aromatic nitrogens is 1. The molecule has 0 radical (unpaired) electrons. The molecule has 2 rings (SSSR count). The van der Waals surface area contributed by atoms with Crippen LogP contribution in [0.2, 0.25) is 0 Å². The van der Waals surface area contributed by atoms with E-state index in [4.69, 9.17) is 0 Å². The molecule has 2 nitrogen and oxygen atoms in total. The summed E-state index contributed by atoms with van der Waals surface area (Å²) in [7, 11) is 0. The van der Waals surface area contributed by atoms with E-state index in [-0.39, 0.29) is 0 Å². The highest BCUT2D eigenvalue weighted by Crippen LogP contribution is 2.38. The number of halogens is 1. The molecule has 0 spiro atoms. The van der Waals surface area contributed by atoms with Crippen LogP contribution in [-0.2, 0) is 11.2 Å². The van der Waals surface area contributed by atoms with Crippen molar-refractivity contribution in [3.63, 3.8) is 0 Å². The molecule has 0 saturated heterocycles. The van der Waals surface area contributed by atoms with Crippen molar-refractivity contribution in [2.45, 2.75) is 19.8 Å². The second-order valence-corrected chi connectivity index (χ2v) is 4.85. The van der Waals surface area contributed by atoms with Crippen LogP contribution in [0.15, 0.2) is 22.8 Å². The maximum atomic E-state index is 11.6. The summed E-state index contributed by atoms with van der Waals surface area (Å²) >= 11 is 3.32. The fourth-order valence-corrected chi connectivity index (χ4v) is 1.83. The van der Waals surface area contributed by atoms with Crippen molar-refractivity contribution in [2.75, 3.05) is 0 Å². The lowest BCUT2D eigenvalue weighted by Gasteiger charge is -1.99. The van der Waals surface area contributed by atoms with E-state index in [9.17, 15) is 4.79 Å².